The monoisotopic (exact) mass is 272 g/mol. The fourth-order valence-electron chi connectivity index (χ4n) is 1.96. The molecule has 20 heavy (non-hydrogen) atoms. The fourth-order valence-corrected chi connectivity index (χ4v) is 1.96. The van der Waals surface area contributed by atoms with E-state index in [1.807, 2.05) is 24.1 Å². The number of likely N-dealkylation sites (N-methyl/N-ethyl adjacent to an activating group) is 1. The Balaban J connectivity index is 1.74. The van der Waals surface area contributed by atoms with Gasteiger partial charge in [-0.2, -0.15) is 0 Å². The molecule has 1 amide bonds. The number of benzene rings is 1. The highest BCUT2D eigenvalue weighted by molar-refractivity contribution is 5.77. The van der Waals surface area contributed by atoms with Crippen LogP contribution in [0, 0.1) is 6.92 Å². The maximum atomic E-state index is 11.8. The summed E-state index contributed by atoms with van der Waals surface area (Å²) >= 11 is 0. The van der Waals surface area contributed by atoms with Gasteiger partial charge in [0.1, 0.15) is 5.76 Å². The molecule has 1 N–H and O–H groups in total. The van der Waals surface area contributed by atoms with Gasteiger partial charge in [-0.05, 0) is 31.7 Å². The first-order chi connectivity index (χ1) is 9.63. The number of carbonyl (C=O) groups excluding carboxylic acids is 1. The summed E-state index contributed by atoms with van der Waals surface area (Å²) < 4.78 is 5.17. The van der Waals surface area contributed by atoms with Crippen molar-refractivity contribution in [3.8, 4) is 0 Å². The van der Waals surface area contributed by atoms with Crippen molar-refractivity contribution in [3.63, 3.8) is 0 Å². The van der Waals surface area contributed by atoms with Gasteiger partial charge in [0.05, 0.1) is 19.4 Å². The van der Waals surface area contributed by atoms with Gasteiger partial charge in [0.15, 0.2) is 0 Å². The van der Waals surface area contributed by atoms with Gasteiger partial charge < -0.3 is 9.73 Å². The Morgan fingerprint density at radius 2 is 2.00 bits per heavy atom. The standard InChI is InChI=1S/C16H20N2O2/c1-13-5-7-14(8-6-13)11-18(2)12-16(19)17-10-15-4-3-9-20-15/h3-9H,10-12H2,1-2H3,(H,17,19). The molecule has 1 aromatic carbocycles. The predicted molar refractivity (Wildman–Crippen MR) is 78.1 cm³/mol. The minimum Gasteiger partial charge on any atom is -0.467 e. The quantitative estimate of drug-likeness (QED) is 0.878. The molecule has 2 rings (SSSR count). The molecular weight excluding hydrogens is 252 g/mol. The third-order valence-corrected chi connectivity index (χ3v) is 3.03. The van der Waals surface area contributed by atoms with E-state index in [1.165, 1.54) is 11.1 Å². The number of rotatable bonds is 6. The zero-order chi connectivity index (χ0) is 14.4. The summed E-state index contributed by atoms with van der Waals surface area (Å²) in [6.45, 7) is 3.63. The smallest absolute Gasteiger partial charge is 0.234 e. The second kappa shape index (κ2) is 6.91. The van der Waals surface area contributed by atoms with Crippen LogP contribution in [0.2, 0.25) is 0 Å². The van der Waals surface area contributed by atoms with Crippen LogP contribution in [-0.4, -0.2) is 24.4 Å². The maximum absolute atomic E-state index is 11.8. The molecule has 0 bridgehead atoms. The summed E-state index contributed by atoms with van der Waals surface area (Å²) in [5.74, 6) is 0.760. The van der Waals surface area contributed by atoms with Gasteiger partial charge >= 0.3 is 0 Å². The van der Waals surface area contributed by atoms with Crippen LogP contribution >= 0.6 is 0 Å². The zero-order valence-electron chi connectivity index (χ0n) is 11.9. The van der Waals surface area contributed by atoms with Gasteiger partial charge in [-0.3, -0.25) is 9.69 Å². The molecule has 0 unspecified atom stereocenters. The van der Waals surface area contributed by atoms with Crippen molar-refractivity contribution in [2.45, 2.75) is 20.0 Å². The lowest BCUT2D eigenvalue weighted by Crippen LogP contribution is -2.34. The van der Waals surface area contributed by atoms with Crippen LogP contribution in [0.4, 0.5) is 0 Å². The molecular formula is C16H20N2O2. The van der Waals surface area contributed by atoms with E-state index in [-0.39, 0.29) is 5.91 Å². The lowest BCUT2D eigenvalue weighted by atomic mass is 10.1. The van der Waals surface area contributed by atoms with Gasteiger partial charge in [0.2, 0.25) is 5.91 Å². The van der Waals surface area contributed by atoms with Crippen LogP contribution in [0.3, 0.4) is 0 Å². The first kappa shape index (κ1) is 14.3. The maximum Gasteiger partial charge on any atom is 0.234 e. The lowest BCUT2D eigenvalue weighted by Gasteiger charge is -2.16. The van der Waals surface area contributed by atoms with E-state index >= 15 is 0 Å². The number of hydrogen-bond acceptors (Lipinski definition) is 3. The van der Waals surface area contributed by atoms with Crippen LogP contribution in [0.15, 0.2) is 47.1 Å². The van der Waals surface area contributed by atoms with E-state index in [4.69, 9.17) is 4.42 Å². The second-order valence-electron chi connectivity index (χ2n) is 5.01. The Labute approximate surface area is 119 Å². The number of nitrogens with zero attached hydrogens (tertiary/aromatic N) is 1. The molecule has 0 atom stereocenters. The number of aryl methyl sites for hydroxylation is 1. The number of nitrogens with one attached hydrogen (secondary N) is 1. The molecule has 4 heteroatoms. The summed E-state index contributed by atoms with van der Waals surface area (Å²) in [5.41, 5.74) is 2.45. The van der Waals surface area contributed by atoms with Crippen LogP contribution in [0.25, 0.3) is 0 Å². The van der Waals surface area contributed by atoms with Crippen molar-refractivity contribution in [1.82, 2.24) is 10.2 Å². The number of furan rings is 1. The molecule has 106 valence electrons. The molecule has 0 radical (unpaired) electrons. The Hall–Kier alpha value is -2.07. The average molecular weight is 272 g/mol. The lowest BCUT2D eigenvalue weighted by molar-refractivity contribution is -0.122. The van der Waals surface area contributed by atoms with E-state index < -0.39 is 0 Å². The minimum atomic E-state index is -0.00369. The largest absolute Gasteiger partial charge is 0.467 e. The van der Waals surface area contributed by atoms with Crippen LogP contribution < -0.4 is 5.32 Å². The van der Waals surface area contributed by atoms with Crippen LogP contribution in [0.1, 0.15) is 16.9 Å². The predicted octanol–water partition coefficient (Wildman–Crippen LogP) is 2.34. The molecule has 0 aliphatic carbocycles. The highest BCUT2D eigenvalue weighted by Gasteiger charge is 2.07. The molecule has 0 spiro atoms. The van der Waals surface area contributed by atoms with Crippen LogP contribution in [0.5, 0.6) is 0 Å². The summed E-state index contributed by atoms with van der Waals surface area (Å²) in [5, 5.41) is 2.84. The summed E-state index contributed by atoms with van der Waals surface area (Å²) in [4.78, 5) is 13.8. The van der Waals surface area contributed by atoms with Crippen molar-refractivity contribution in [2.75, 3.05) is 13.6 Å². The Morgan fingerprint density at radius 1 is 1.25 bits per heavy atom. The van der Waals surface area contributed by atoms with E-state index in [0.29, 0.717) is 13.1 Å². The van der Waals surface area contributed by atoms with Crippen molar-refractivity contribution < 1.29 is 9.21 Å². The molecule has 4 nitrogen and oxygen atoms in total. The molecule has 1 heterocycles. The van der Waals surface area contributed by atoms with Crippen molar-refractivity contribution in [3.05, 3.63) is 59.5 Å². The zero-order valence-corrected chi connectivity index (χ0v) is 11.9. The average Bonchev–Trinajstić information content (AvgIpc) is 2.92. The highest BCUT2D eigenvalue weighted by Crippen LogP contribution is 2.05. The number of carbonyl (C=O) groups is 1. The Morgan fingerprint density at radius 3 is 2.65 bits per heavy atom. The molecule has 2 aromatic rings. The van der Waals surface area contributed by atoms with E-state index in [2.05, 4.69) is 36.5 Å². The van der Waals surface area contributed by atoms with Crippen LogP contribution in [-0.2, 0) is 17.9 Å². The Kier molecular flexibility index (Phi) is 4.96. The second-order valence-corrected chi connectivity index (χ2v) is 5.01. The SMILES string of the molecule is Cc1ccc(CN(C)CC(=O)NCc2ccco2)cc1. The van der Waals surface area contributed by atoms with E-state index in [9.17, 15) is 4.79 Å². The van der Waals surface area contributed by atoms with Gasteiger partial charge in [-0.25, -0.2) is 0 Å². The summed E-state index contributed by atoms with van der Waals surface area (Å²) in [6, 6.07) is 12.0. The fraction of sp³-hybridized carbons (Fsp3) is 0.312. The number of hydrogen-bond donors (Lipinski definition) is 1. The molecule has 0 aliphatic heterocycles. The van der Waals surface area contributed by atoms with Gasteiger partial charge in [-0.15, -0.1) is 0 Å². The van der Waals surface area contributed by atoms with Crippen molar-refractivity contribution in [1.29, 1.82) is 0 Å². The third-order valence-electron chi connectivity index (χ3n) is 3.03. The summed E-state index contributed by atoms with van der Waals surface area (Å²) in [7, 11) is 1.94. The first-order valence-corrected chi connectivity index (χ1v) is 6.66. The highest BCUT2D eigenvalue weighted by atomic mass is 16.3. The van der Waals surface area contributed by atoms with Gasteiger partial charge in [-0.1, -0.05) is 29.8 Å². The van der Waals surface area contributed by atoms with Crippen molar-refractivity contribution in [2.24, 2.45) is 0 Å². The number of amides is 1. The molecule has 0 saturated heterocycles. The molecule has 0 aliphatic rings. The van der Waals surface area contributed by atoms with E-state index in [0.717, 1.165) is 12.3 Å². The minimum absolute atomic E-state index is 0.00369. The molecule has 1 aromatic heterocycles. The van der Waals surface area contributed by atoms with Gasteiger partial charge in [0.25, 0.3) is 0 Å². The normalized spacial score (nSPS) is 10.8. The first-order valence-electron chi connectivity index (χ1n) is 6.66. The van der Waals surface area contributed by atoms with Gasteiger partial charge in [0, 0.05) is 6.54 Å². The van der Waals surface area contributed by atoms with E-state index in [1.54, 1.807) is 6.26 Å². The Bertz CT molecular complexity index is 532. The molecule has 0 fully saturated rings. The topological polar surface area (TPSA) is 45.5 Å². The third kappa shape index (κ3) is 4.55. The molecule has 0 saturated carbocycles. The summed E-state index contributed by atoms with van der Waals surface area (Å²) in [6.07, 6.45) is 1.60. The van der Waals surface area contributed by atoms with Crippen molar-refractivity contribution >= 4 is 5.91 Å².